The molecule has 1 aliphatic carbocycles. The van der Waals surface area contributed by atoms with Gasteiger partial charge in [0, 0.05) is 54.0 Å². The van der Waals surface area contributed by atoms with Crippen LogP contribution in [0.1, 0.15) is 49.1 Å². The van der Waals surface area contributed by atoms with Crippen molar-refractivity contribution in [2.75, 3.05) is 26.2 Å². The maximum absolute atomic E-state index is 14.6. The van der Waals surface area contributed by atoms with Gasteiger partial charge in [-0.25, -0.2) is 13.8 Å². The molecule has 2 aliphatic heterocycles. The summed E-state index contributed by atoms with van der Waals surface area (Å²) in [6.45, 7) is 2.53. The number of nitrogens with one attached hydrogen (secondary N) is 2. The van der Waals surface area contributed by atoms with Crippen molar-refractivity contribution in [2.45, 2.75) is 56.2 Å². The Labute approximate surface area is 196 Å². The number of pyridine rings is 1. The Balaban J connectivity index is 1.17. The van der Waals surface area contributed by atoms with Crippen LogP contribution in [0.15, 0.2) is 30.5 Å². The van der Waals surface area contributed by atoms with Crippen LogP contribution >= 0.6 is 0 Å². The van der Waals surface area contributed by atoms with E-state index < -0.39 is 17.6 Å². The van der Waals surface area contributed by atoms with Crippen LogP contribution in [-0.4, -0.2) is 53.6 Å². The van der Waals surface area contributed by atoms with E-state index in [0.717, 1.165) is 38.5 Å². The van der Waals surface area contributed by atoms with Crippen LogP contribution in [0.3, 0.4) is 0 Å². The largest absolute Gasteiger partial charge is 0.485 e. The van der Waals surface area contributed by atoms with Crippen LogP contribution in [-0.2, 0) is 11.4 Å². The lowest BCUT2D eigenvalue weighted by atomic mass is 9.86. The number of ether oxygens (including phenoxy) is 1. The summed E-state index contributed by atoms with van der Waals surface area (Å²) in [5, 5.41) is 6.84. The van der Waals surface area contributed by atoms with Crippen molar-refractivity contribution in [3.63, 3.8) is 0 Å². The van der Waals surface area contributed by atoms with Gasteiger partial charge in [-0.05, 0) is 56.8 Å². The van der Waals surface area contributed by atoms with Gasteiger partial charge in [-0.2, -0.15) is 4.39 Å². The number of carbonyl (C=O) groups excluding carboxylic acids is 1. The number of likely N-dealkylation sites (tertiary alicyclic amines) is 1. The van der Waals surface area contributed by atoms with Crippen LogP contribution in [0.2, 0.25) is 0 Å². The first-order chi connectivity index (χ1) is 16.4. The Morgan fingerprint density at radius 3 is 2.79 bits per heavy atom. The molecular weight excluding hydrogens is 445 g/mol. The van der Waals surface area contributed by atoms with E-state index in [1.807, 2.05) is 4.90 Å². The summed E-state index contributed by atoms with van der Waals surface area (Å²) >= 11 is 0. The number of halogens is 3. The highest BCUT2D eigenvalue weighted by molar-refractivity contribution is 5.78. The zero-order valence-electron chi connectivity index (χ0n) is 19.0. The van der Waals surface area contributed by atoms with Gasteiger partial charge in [0.15, 0.2) is 11.6 Å². The zero-order chi connectivity index (χ0) is 23.7. The Hall–Kier alpha value is -2.65. The minimum atomic E-state index is -0.830. The quantitative estimate of drug-likeness (QED) is 0.603. The van der Waals surface area contributed by atoms with E-state index in [0.29, 0.717) is 12.0 Å². The second kappa shape index (κ2) is 9.54. The Kier molecular flexibility index (Phi) is 6.48. The number of carbonyl (C=O) groups is 1. The molecule has 2 aromatic rings. The van der Waals surface area contributed by atoms with Crippen LogP contribution in [0, 0.1) is 17.6 Å². The molecule has 182 valence electrons. The average Bonchev–Trinajstić information content (AvgIpc) is 3.47. The van der Waals surface area contributed by atoms with Gasteiger partial charge in [-0.15, -0.1) is 0 Å². The second-order valence-electron chi connectivity index (χ2n) is 9.57. The third-order valence-electron chi connectivity index (χ3n) is 7.36. The number of rotatable bonds is 7. The van der Waals surface area contributed by atoms with E-state index >= 15 is 0 Å². The molecule has 2 N–H and O–H groups in total. The van der Waals surface area contributed by atoms with Crippen molar-refractivity contribution in [1.29, 1.82) is 0 Å². The minimum absolute atomic E-state index is 0.0486. The molecule has 2 atom stereocenters. The average molecular weight is 475 g/mol. The molecule has 0 bridgehead atoms. The highest BCUT2D eigenvalue weighted by Gasteiger charge is 2.42. The lowest BCUT2D eigenvalue weighted by Crippen LogP contribution is -2.52. The summed E-state index contributed by atoms with van der Waals surface area (Å²) in [5.41, 5.74) is 0.783. The lowest BCUT2D eigenvalue weighted by Gasteiger charge is -2.39. The van der Waals surface area contributed by atoms with E-state index in [9.17, 15) is 18.0 Å². The number of nitrogens with zero attached hydrogens (tertiary/aromatic N) is 2. The molecule has 1 aromatic heterocycles. The van der Waals surface area contributed by atoms with Crippen LogP contribution in [0.4, 0.5) is 13.2 Å². The van der Waals surface area contributed by atoms with Gasteiger partial charge in [-0.1, -0.05) is 0 Å². The molecule has 0 unspecified atom stereocenters. The molecule has 6 nitrogen and oxygen atoms in total. The number of amides is 1. The molecule has 1 amide bonds. The molecule has 9 heteroatoms. The number of benzene rings is 1. The number of piperidine rings is 1. The van der Waals surface area contributed by atoms with E-state index in [4.69, 9.17) is 4.74 Å². The maximum atomic E-state index is 14.6. The Morgan fingerprint density at radius 1 is 1.24 bits per heavy atom. The fraction of sp³-hybridized carbons (Fsp3) is 0.520. The predicted octanol–water partition coefficient (Wildman–Crippen LogP) is 3.27. The lowest BCUT2D eigenvalue weighted by molar-refractivity contribution is -0.131. The summed E-state index contributed by atoms with van der Waals surface area (Å²) in [6, 6.07) is 5.01. The molecule has 3 heterocycles. The standard InChI is InChI=1S/C25H29F3N4O2/c26-17-11-19(23(20(27)12-17)34-15-16-3-1-7-29-24(16)28)18-13-21(18)30-14-22(33)32-9-5-25(6-10-32)4-2-8-31-25/h1,3,7,11-12,18,21,30-31H,2,4-6,8-10,13-15H2/t18-,21+/m0/s1. The number of hydrogen-bond donors (Lipinski definition) is 2. The fourth-order valence-electron chi connectivity index (χ4n) is 5.26. The van der Waals surface area contributed by atoms with Crippen molar-refractivity contribution in [3.05, 3.63) is 59.2 Å². The van der Waals surface area contributed by atoms with Gasteiger partial charge in [-0.3, -0.25) is 4.79 Å². The van der Waals surface area contributed by atoms with Gasteiger partial charge in [0.05, 0.1) is 6.54 Å². The summed E-state index contributed by atoms with van der Waals surface area (Å²) in [7, 11) is 0. The fourth-order valence-corrected chi connectivity index (χ4v) is 5.26. The summed E-state index contributed by atoms with van der Waals surface area (Å²) in [4.78, 5) is 18.2. The highest BCUT2D eigenvalue weighted by atomic mass is 19.1. The van der Waals surface area contributed by atoms with Gasteiger partial charge in [0.1, 0.15) is 12.4 Å². The maximum Gasteiger partial charge on any atom is 0.236 e. The zero-order valence-corrected chi connectivity index (χ0v) is 19.0. The highest BCUT2D eigenvalue weighted by Crippen LogP contribution is 2.46. The van der Waals surface area contributed by atoms with Crippen molar-refractivity contribution >= 4 is 5.91 Å². The molecule has 3 fully saturated rings. The first-order valence-corrected chi connectivity index (χ1v) is 11.9. The monoisotopic (exact) mass is 474 g/mol. The Morgan fingerprint density at radius 2 is 2.06 bits per heavy atom. The van der Waals surface area contributed by atoms with Gasteiger partial charge in [0.25, 0.3) is 0 Å². The first-order valence-electron chi connectivity index (χ1n) is 11.9. The molecular formula is C25H29F3N4O2. The van der Waals surface area contributed by atoms with Gasteiger partial charge < -0.3 is 20.3 Å². The molecule has 3 aliphatic rings. The molecule has 1 aromatic carbocycles. The molecule has 1 saturated carbocycles. The van der Waals surface area contributed by atoms with Gasteiger partial charge >= 0.3 is 0 Å². The van der Waals surface area contributed by atoms with E-state index in [1.54, 1.807) is 6.07 Å². The predicted molar refractivity (Wildman–Crippen MR) is 120 cm³/mol. The van der Waals surface area contributed by atoms with E-state index in [1.165, 1.54) is 31.2 Å². The van der Waals surface area contributed by atoms with E-state index in [2.05, 4.69) is 15.6 Å². The number of hydrogen-bond acceptors (Lipinski definition) is 5. The topological polar surface area (TPSA) is 66.5 Å². The SMILES string of the molecule is O=C(CN[C@@H]1C[C@H]1c1cc(F)cc(F)c1OCc1cccnc1F)N1CCC2(CCCN2)CC1. The smallest absolute Gasteiger partial charge is 0.236 e. The van der Waals surface area contributed by atoms with Gasteiger partial charge in [0.2, 0.25) is 11.9 Å². The minimum Gasteiger partial charge on any atom is -0.485 e. The summed E-state index contributed by atoms with van der Waals surface area (Å²) < 4.78 is 47.9. The van der Waals surface area contributed by atoms with E-state index in [-0.39, 0.29) is 47.9 Å². The van der Waals surface area contributed by atoms with Crippen molar-refractivity contribution < 1.29 is 22.7 Å². The van der Waals surface area contributed by atoms with Crippen LogP contribution in [0.5, 0.6) is 5.75 Å². The molecule has 1 spiro atoms. The Bertz CT molecular complexity index is 1050. The first kappa shape index (κ1) is 23.1. The van der Waals surface area contributed by atoms with Crippen LogP contribution in [0.25, 0.3) is 0 Å². The molecule has 34 heavy (non-hydrogen) atoms. The molecule has 0 radical (unpaired) electrons. The van der Waals surface area contributed by atoms with Crippen molar-refractivity contribution in [3.8, 4) is 5.75 Å². The summed E-state index contributed by atoms with van der Waals surface area (Å²) in [6.07, 6.45) is 6.29. The third-order valence-corrected chi connectivity index (χ3v) is 7.36. The van der Waals surface area contributed by atoms with Crippen molar-refractivity contribution in [1.82, 2.24) is 20.5 Å². The van der Waals surface area contributed by atoms with Crippen molar-refractivity contribution in [2.24, 2.45) is 0 Å². The molecule has 5 rings (SSSR count). The third kappa shape index (κ3) is 4.90. The normalized spacial score (nSPS) is 23.3. The summed E-state index contributed by atoms with van der Waals surface area (Å²) in [5.74, 6) is -2.44. The second-order valence-corrected chi connectivity index (χ2v) is 9.57. The number of aromatic nitrogens is 1. The van der Waals surface area contributed by atoms with Crippen LogP contribution < -0.4 is 15.4 Å². The molecule has 2 saturated heterocycles.